The lowest BCUT2D eigenvalue weighted by atomic mass is 10.1. The predicted molar refractivity (Wildman–Crippen MR) is 76.8 cm³/mol. The molecule has 2 aromatic rings. The molecule has 0 saturated carbocycles. The highest BCUT2D eigenvalue weighted by molar-refractivity contribution is 6.05. The van der Waals surface area contributed by atoms with Gasteiger partial charge in [0.15, 0.2) is 5.78 Å². The summed E-state index contributed by atoms with van der Waals surface area (Å²) in [5.74, 6) is -0.302. The lowest BCUT2D eigenvalue weighted by Gasteiger charge is -2.07. The highest BCUT2D eigenvalue weighted by atomic mass is 16.3. The van der Waals surface area contributed by atoms with E-state index in [-0.39, 0.29) is 18.3 Å². The van der Waals surface area contributed by atoms with Crippen LogP contribution in [0.4, 0.5) is 5.69 Å². The number of hydrogen-bond donors (Lipinski definition) is 2. The minimum atomic E-state index is -0.254. The number of benzene rings is 2. The van der Waals surface area contributed by atoms with E-state index in [1.165, 1.54) is 6.92 Å². The first-order chi connectivity index (χ1) is 9.60. The number of aliphatic hydroxyl groups excluding tert-OH is 1. The number of ketones is 1. The van der Waals surface area contributed by atoms with Gasteiger partial charge in [-0.25, -0.2) is 0 Å². The first-order valence-electron chi connectivity index (χ1n) is 6.22. The summed E-state index contributed by atoms with van der Waals surface area (Å²) in [4.78, 5) is 23.3. The number of carbonyl (C=O) groups excluding carboxylic acids is 2. The molecule has 20 heavy (non-hydrogen) atoms. The number of anilines is 1. The van der Waals surface area contributed by atoms with Crippen LogP contribution in [-0.2, 0) is 6.61 Å². The zero-order valence-corrected chi connectivity index (χ0v) is 11.1. The highest BCUT2D eigenvalue weighted by Crippen LogP contribution is 2.13. The average molecular weight is 269 g/mol. The molecule has 2 aromatic carbocycles. The largest absolute Gasteiger partial charge is 0.392 e. The monoisotopic (exact) mass is 269 g/mol. The van der Waals surface area contributed by atoms with Crippen LogP contribution in [0.3, 0.4) is 0 Å². The summed E-state index contributed by atoms with van der Waals surface area (Å²) in [5.41, 5.74) is 2.38. The molecule has 0 aliphatic carbocycles. The fraction of sp³-hybridized carbons (Fsp3) is 0.125. The lowest BCUT2D eigenvalue weighted by molar-refractivity contribution is 0.101. The molecule has 4 nitrogen and oxygen atoms in total. The Labute approximate surface area is 117 Å². The van der Waals surface area contributed by atoms with Crippen molar-refractivity contribution in [3.8, 4) is 0 Å². The Morgan fingerprint density at radius 1 is 1.05 bits per heavy atom. The van der Waals surface area contributed by atoms with Crippen molar-refractivity contribution in [2.45, 2.75) is 13.5 Å². The summed E-state index contributed by atoms with van der Waals surface area (Å²) in [7, 11) is 0. The molecule has 0 atom stereocenters. The Morgan fingerprint density at radius 3 is 2.35 bits per heavy atom. The molecule has 0 spiro atoms. The minimum absolute atomic E-state index is 0.0478. The third-order valence-electron chi connectivity index (χ3n) is 2.93. The van der Waals surface area contributed by atoms with Gasteiger partial charge in [0.05, 0.1) is 6.61 Å². The van der Waals surface area contributed by atoms with Crippen LogP contribution in [0.1, 0.15) is 33.2 Å². The molecule has 2 N–H and O–H groups in total. The summed E-state index contributed by atoms with van der Waals surface area (Å²) in [6.45, 7) is 1.43. The molecule has 0 aromatic heterocycles. The molecule has 0 bridgehead atoms. The van der Waals surface area contributed by atoms with E-state index in [2.05, 4.69) is 5.32 Å². The van der Waals surface area contributed by atoms with Gasteiger partial charge >= 0.3 is 0 Å². The van der Waals surface area contributed by atoms with Gasteiger partial charge < -0.3 is 10.4 Å². The van der Waals surface area contributed by atoms with E-state index in [4.69, 9.17) is 5.11 Å². The zero-order valence-electron chi connectivity index (χ0n) is 11.1. The van der Waals surface area contributed by atoms with Crippen LogP contribution in [0.2, 0.25) is 0 Å². The molecule has 2 rings (SSSR count). The molecule has 0 aliphatic heterocycles. The molecule has 0 heterocycles. The van der Waals surface area contributed by atoms with E-state index in [1.807, 2.05) is 0 Å². The second kappa shape index (κ2) is 6.12. The van der Waals surface area contributed by atoms with Crippen LogP contribution in [0, 0.1) is 0 Å². The number of aliphatic hydroxyl groups is 1. The zero-order chi connectivity index (χ0) is 14.5. The van der Waals surface area contributed by atoms with Crippen LogP contribution in [0.5, 0.6) is 0 Å². The SMILES string of the molecule is CC(=O)c1cccc(NC(=O)c2ccc(CO)cc2)c1. The van der Waals surface area contributed by atoms with E-state index in [0.29, 0.717) is 16.8 Å². The summed E-state index contributed by atoms with van der Waals surface area (Å²) < 4.78 is 0. The Hall–Kier alpha value is -2.46. The van der Waals surface area contributed by atoms with E-state index in [9.17, 15) is 9.59 Å². The van der Waals surface area contributed by atoms with Crippen molar-refractivity contribution in [2.24, 2.45) is 0 Å². The van der Waals surface area contributed by atoms with Crippen molar-refractivity contribution in [2.75, 3.05) is 5.32 Å². The van der Waals surface area contributed by atoms with E-state index in [1.54, 1.807) is 48.5 Å². The molecule has 0 aliphatic rings. The van der Waals surface area contributed by atoms with Crippen molar-refractivity contribution in [3.63, 3.8) is 0 Å². The Balaban J connectivity index is 2.14. The molecule has 0 unspecified atom stereocenters. The van der Waals surface area contributed by atoms with Crippen molar-refractivity contribution < 1.29 is 14.7 Å². The molecule has 102 valence electrons. The van der Waals surface area contributed by atoms with Crippen LogP contribution >= 0.6 is 0 Å². The number of rotatable bonds is 4. The molecule has 0 radical (unpaired) electrons. The second-order valence-corrected chi connectivity index (χ2v) is 4.45. The van der Waals surface area contributed by atoms with Gasteiger partial charge in [-0.2, -0.15) is 0 Å². The quantitative estimate of drug-likeness (QED) is 0.838. The molecular weight excluding hydrogens is 254 g/mol. The maximum atomic E-state index is 12.0. The number of carbonyl (C=O) groups is 2. The van der Waals surface area contributed by atoms with Crippen molar-refractivity contribution in [1.82, 2.24) is 0 Å². The fourth-order valence-corrected chi connectivity index (χ4v) is 1.78. The van der Waals surface area contributed by atoms with Crippen LogP contribution in [0.15, 0.2) is 48.5 Å². The Bertz CT molecular complexity index is 632. The van der Waals surface area contributed by atoms with Crippen LogP contribution in [-0.4, -0.2) is 16.8 Å². The third-order valence-corrected chi connectivity index (χ3v) is 2.93. The summed E-state index contributed by atoms with van der Waals surface area (Å²) in [6.07, 6.45) is 0. The summed E-state index contributed by atoms with van der Waals surface area (Å²) >= 11 is 0. The molecule has 4 heteroatoms. The van der Waals surface area contributed by atoms with Crippen LogP contribution in [0.25, 0.3) is 0 Å². The van der Waals surface area contributed by atoms with Gasteiger partial charge in [0.25, 0.3) is 5.91 Å². The average Bonchev–Trinajstić information content (AvgIpc) is 2.47. The van der Waals surface area contributed by atoms with Gasteiger partial charge in [0, 0.05) is 16.8 Å². The topological polar surface area (TPSA) is 66.4 Å². The number of nitrogens with one attached hydrogen (secondary N) is 1. The Morgan fingerprint density at radius 2 is 1.75 bits per heavy atom. The fourth-order valence-electron chi connectivity index (χ4n) is 1.78. The van der Waals surface area contributed by atoms with E-state index in [0.717, 1.165) is 5.56 Å². The van der Waals surface area contributed by atoms with Gasteiger partial charge in [-0.3, -0.25) is 9.59 Å². The van der Waals surface area contributed by atoms with Gasteiger partial charge in [-0.05, 0) is 36.8 Å². The van der Waals surface area contributed by atoms with Gasteiger partial charge in [-0.15, -0.1) is 0 Å². The number of hydrogen-bond acceptors (Lipinski definition) is 3. The van der Waals surface area contributed by atoms with Gasteiger partial charge in [0.1, 0.15) is 0 Å². The number of amides is 1. The predicted octanol–water partition coefficient (Wildman–Crippen LogP) is 2.63. The lowest BCUT2D eigenvalue weighted by Crippen LogP contribution is -2.12. The number of Topliss-reactive ketones (excluding diaryl/α,β-unsaturated/α-hetero) is 1. The smallest absolute Gasteiger partial charge is 0.255 e. The maximum Gasteiger partial charge on any atom is 0.255 e. The maximum absolute atomic E-state index is 12.0. The normalized spacial score (nSPS) is 10.1. The van der Waals surface area contributed by atoms with Crippen molar-refractivity contribution in [3.05, 3.63) is 65.2 Å². The highest BCUT2D eigenvalue weighted by Gasteiger charge is 2.07. The van der Waals surface area contributed by atoms with Gasteiger partial charge in [0.2, 0.25) is 0 Å². The van der Waals surface area contributed by atoms with Crippen molar-refractivity contribution in [1.29, 1.82) is 0 Å². The Kier molecular flexibility index (Phi) is 4.27. The first-order valence-corrected chi connectivity index (χ1v) is 6.22. The van der Waals surface area contributed by atoms with Crippen LogP contribution < -0.4 is 5.32 Å². The third kappa shape index (κ3) is 3.30. The summed E-state index contributed by atoms with van der Waals surface area (Å²) in [5, 5.41) is 11.7. The van der Waals surface area contributed by atoms with Crippen molar-refractivity contribution >= 4 is 17.4 Å². The molecular formula is C16H15NO3. The second-order valence-electron chi connectivity index (χ2n) is 4.45. The van der Waals surface area contributed by atoms with E-state index < -0.39 is 0 Å². The first kappa shape index (κ1) is 14.0. The minimum Gasteiger partial charge on any atom is -0.392 e. The van der Waals surface area contributed by atoms with Gasteiger partial charge in [-0.1, -0.05) is 24.3 Å². The summed E-state index contributed by atoms with van der Waals surface area (Å²) in [6, 6.07) is 13.5. The molecule has 0 saturated heterocycles. The van der Waals surface area contributed by atoms with E-state index >= 15 is 0 Å². The standard InChI is InChI=1S/C16H15NO3/c1-11(19)14-3-2-4-15(9-14)17-16(20)13-7-5-12(10-18)6-8-13/h2-9,18H,10H2,1H3,(H,17,20). The molecule has 1 amide bonds. The molecule has 0 fully saturated rings.